The lowest BCUT2D eigenvalue weighted by Crippen LogP contribution is -2.54. The number of hydrogen-bond acceptors (Lipinski definition) is 5. The van der Waals surface area contributed by atoms with Crippen molar-refractivity contribution in [1.29, 1.82) is 0 Å². The number of nitrogens with one attached hydrogen (secondary N) is 1. The quantitative estimate of drug-likeness (QED) is 0.808. The fourth-order valence-corrected chi connectivity index (χ4v) is 7.14. The first kappa shape index (κ1) is 19.8. The van der Waals surface area contributed by atoms with Crippen LogP contribution in [-0.4, -0.2) is 51.4 Å². The van der Waals surface area contributed by atoms with Gasteiger partial charge in [0, 0.05) is 41.3 Å². The molecule has 2 atom stereocenters. The molecule has 0 amide bonds. The van der Waals surface area contributed by atoms with Gasteiger partial charge in [-0.15, -0.1) is 11.3 Å². The fraction of sp³-hybridized carbons (Fsp3) is 0.800. The van der Waals surface area contributed by atoms with Crippen molar-refractivity contribution in [2.24, 2.45) is 5.92 Å². The van der Waals surface area contributed by atoms with Gasteiger partial charge in [0.15, 0.2) is 0 Å². The van der Waals surface area contributed by atoms with E-state index >= 15 is 0 Å². The molecule has 2 fully saturated rings. The Hall–Kier alpha value is -0.470. The molecule has 0 radical (unpaired) electrons. The van der Waals surface area contributed by atoms with Crippen LogP contribution >= 0.6 is 11.3 Å². The number of nitrogens with zero attached hydrogens (tertiary/aromatic N) is 1. The molecule has 0 aromatic carbocycles. The number of hydrogen-bond donors (Lipinski definition) is 1. The van der Waals surface area contributed by atoms with Crippen LogP contribution in [-0.2, 0) is 33.2 Å². The Morgan fingerprint density at radius 1 is 1.41 bits per heavy atom. The van der Waals surface area contributed by atoms with Crippen LogP contribution in [0.2, 0.25) is 0 Å². The van der Waals surface area contributed by atoms with Crippen molar-refractivity contribution in [2.75, 3.05) is 26.0 Å². The molecule has 1 aromatic rings. The summed E-state index contributed by atoms with van der Waals surface area (Å²) in [6.45, 7) is 7.57. The van der Waals surface area contributed by atoms with Gasteiger partial charge in [-0.2, -0.15) is 0 Å². The van der Waals surface area contributed by atoms with Gasteiger partial charge in [-0.25, -0.2) is 13.1 Å². The van der Waals surface area contributed by atoms with E-state index in [1.165, 1.54) is 16.7 Å². The molecule has 1 saturated heterocycles. The number of thiophene rings is 1. The zero-order valence-electron chi connectivity index (χ0n) is 16.7. The zero-order valence-corrected chi connectivity index (χ0v) is 18.3. The van der Waals surface area contributed by atoms with Crippen LogP contribution in [0.5, 0.6) is 0 Å². The van der Waals surface area contributed by atoms with E-state index < -0.39 is 10.0 Å². The van der Waals surface area contributed by atoms with E-state index in [9.17, 15) is 8.42 Å². The summed E-state index contributed by atoms with van der Waals surface area (Å²) in [4.78, 5) is 5.63. The first-order chi connectivity index (χ1) is 12.8. The summed E-state index contributed by atoms with van der Waals surface area (Å²) in [7, 11) is -3.08. The van der Waals surface area contributed by atoms with Crippen molar-refractivity contribution < 1.29 is 13.2 Å². The maximum Gasteiger partial charge on any atom is 0.208 e. The molecule has 7 heteroatoms. The number of fused-ring (bicyclic) bond motifs is 2. The lowest BCUT2D eigenvalue weighted by Gasteiger charge is -2.49. The molecule has 1 spiro atoms. The second kappa shape index (κ2) is 7.41. The predicted molar refractivity (Wildman–Crippen MR) is 110 cm³/mol. The van der Waals surface area contributed by atoms with Gasteiger partial charge in [0.05, 0.1) is 18.5 Å². The normalized spacial score (nSPS) is 34.4. The Morgan fingerprint density at radius 2 is 2.19 bits per heavy atom. The van der Waals surface area contributed by atoms with Crippen LogP contribution in [0.25, 0.3) is 0 Å². The number of ether oxygens (including phenoxy) is 1. The Balaban J connectivity index is 1.36. The smallest absolute Gasteiger partial charge is 0.208 e. The lowest BCUT2D eigenvalue weighted by molar-refractivity contribution is -0.114. The molecule has 1 aromatic heterocycles. The number of rotatable bonds is 5. The predicted octanol–water partition coefficient (Wildman–Crippen LogP) is 2.89. The Bertz CT molecular complexity index is 785. The fourth-order valence-electron chi connectivity index (χ4n) is 5.16. The highest BCUT2D eigenvalue weighted by Gasteiger charge is 2.45. The second-order valence-corrected chi connectivity index (χ2v) is 11.7. The van der Waals surface area contributed by atoms with Crippen molar-refractivity contribution in [1.82, 2.24) is 9.62 Å². The summed E-state index contributed by atoms with van der Waals surface area (Å²) in [6, 6.07) is 3.05. The SMILES string of the molecule is CCc1cc2c(s1)CCO[C@@]21CCN(CC2CC(NS(C)(=O)=O)C2)[C@@H](C)C1. The molecule has 27 heavy (non-hydrogen) atoms. The summed E-state index contributed by atoms with van der Waals surface area (Å²) in [6.07, 6.45) is 7.49. The van der Waals surface area contributed by atoms with Gasteiger partial charge in [-0.3, -0.25) is 0 Å². The maximum absolute atomic E-state index is 11.3. The third kappa shape index (κ3) is 4.13. The van der Waals surface area contributed by atoms with E-state index in [0.717, 1.165) is 58.2 Å². The Labute approximate surface area is 167 Å². The number of piperidine rings is 1. The van der Waals surface area contributed by atoms with E-state index in [1.807, 2.05) is 11.3 Å². The van der Waals surface area contributed by atoms with Crippen LogP contribution in [0.1, 0.15) is 54.8 Å². The van der Waals surface area contributed by atoms with Gasteiger partial charge in [0.25, 0.3) is 0 Å². The molecule has 1 aliphatic carbocycles. The summed E-state index contributed by atoms with van der Waals surface area (Å²) >= 11 is 1.98. The standard InChI is InChI=1S/C20H32N2O3S2/c1-4-17-11-18-19(26-17)5-8-25-20(18)6-7-22(14(2)12-20)13-15-9-16(10-15)21-27(3,23)24/h11,14-16,21H,4-10,12-13H2,1-3H3/t14-,15?,16?,20+/m0/s1. The van der Waals surface area contributed by atoms with Crippen molar-refractivity contribution in [2.45, 2.75) is 70.1 Å². The molecule has 152 valence electrons. The zero-order chi connectivity index (χ0) is 19.2. The van der Waals surface area contributed by atoms with Crippen LogP contribution in [0.3, 0.4) is 0 Å². The Morgan fingerprint density at radius 3 is 2.85 bits per heavy atom. The highest BCUT2D eigenvalue weighted by molar-refractivity contribution is 7.88. The summed E-state index contributed by atoms with van der Waals surface area (Å²) in [5.41, 5.74) is 1.40. The molecule has 1 saturated carbocycles. The van der Waals surface area contributed by atoms with E-state index in [2.05, 4.69) is 29.5 Å². The van der Waals surface area contributed by atoms with Crippen molar-refractivity contribution in [3.63, 3.8) is 0 Å². The molecule has 0 bridgehead atoms. The van der Waals surface area contributed by atoms with E-state index in [4.69, 9.17) is 4.74 Å². The van der Waals surface area contributed by atoms with Crippen LogP contribution in [0.4, 0.5) is 0 Å². The van der Waals surface area contributed by atoms with Crippen LogP contribution in [0.15, 0.2) is 6.07 Å². The average Bonchev–Trinajstić information content (AvgIpc) is 2.99. The van der Waals surface area contributed by atoms with E-state index in [1.54, 1.807) is 4.88 Å². The molecular formula is C20H32N2O3S2. The van der Waals surface area contributed by atoms with Crippen LogP contribution in [0, 0.1) is 5.92 Å². The third-order valence-electron chi connectivity index (χ3n) is 6.57. The van der Waals surface area contributed by atoms with Crippen molar-refractivity contribution in [3.8, 4) is 0 Å². The minimum atomic E-state index is -3.08. The highest BCUT2D eigenvalue weighted by atomic mass is 32.2. The maximum atomic E-state index is 11.3. The van der Waals surface area contributed by atoms with Gasteiger partial charge in [0.1, 0.15) is 0 Å². The van der Waals surface area contributed by atoms with E-state index in [-0.39, 0.29) is 11.6 Å². The second-order valence-electron chi connectivity index (χ2n) is 8.72. The number of aryl methyl sites for hydroxylation is 1. The van der Waals surface area contributed by atoms with Gasteiger partial charge < -0.3 is 9.64 Å². The summed E-state index contributed by atoms with van der Waals surface area (Å²) < 4.78 is 31.9. The molecule has 4 rings (SSSR count). The average molecular weight is 413 g/mol. The van der Waals surface area contributed by atoms with Crippen LogP contribution < -0.4 is 4.72 Å². The summed E-state index contributed by atoms with van der Waals surface area (Å²) in [5.74, 6) is 0.608. The molecule has 1 N–H and O–H groups in total. The Kier molecular flexibility index (Phi) is 5.44. The van der Waals surface area contributed by atoms with Gasteiger partial charge >= 0.3 is 0 Å². The highest BCUT2D eigenvalue weighted by Crippen LogP contribution is 2.46. The lowest BCUT2D eigenvalue weighted by atomic mass is 9.77. The van der Waals surface area contributed by atoms with Gasteiger partial charge in [0.2, 0.25) is 10.0 Å². The molecule has 3 heterocycles. The van der Waals surface area contributed by atoms with Crippen molar-refractivity contribution in [3.05, 3.63) is 21.4 Å². The molecule has 3 aliphatic rings. The van der Waals surface area contributed by atoms with Crippen molar-refractivity contribution >= 4 is 21.4 Å². The monoisotopic (exact) mass is 412 g/mol. The van der Waals surface area contributed by atoms with E-state index in [0.29, 0.717) is 12.0 Å². The minimum Gasteiger partial charge on any atom is -0.370 e. The molecule has 5 nitrogen and oxygen atoms in total. The number of likely N-dealkylation sites (tertiary alicyclic amines) is 1. The number of sulfonamides is 1. The molecule has 2 aliphatic heterocycles. The minimum absolute atomic E-state index is 0.0760. The molecular weight excluding hydrogens is 380 g/mol. The van der Waals surface area contributed by atoms with Gasteiger partial charge in [-0.05, 0) is 56.6 Å². The van der Waals surface area contributed by atoms with Gasteiger partial charge in [-0.1, -0.05) is 6.92 Å². The topological polar surface area (TPSA) is 58.6 Å². The first-order valence-electron chi connectivity index (χ1n) is 10.3. The third-order valence-corrected chi connectivity index (χ3v) is 8.67. The molecule has 0 unspecified atom stereocenters. The largest absolute Gasteiger partial charge is 0.370 e. The summed E-state index contributed by atoms with van der Waals surface area (Å²) in [5, 5.41) is 0. The first-order valence-corrected chi connectivity index (χ1v) is 13.0.